The molecular weight excluding hydrogens is 238 g/mol. The Morgan fingerprint density at radius 1 is 1.47 bits per heavy atom. The highest BCUT2D eigenvalue weighted by Gasteiger charge is 2.24. The third kappa shape index (κ3) is 3.81. The molecule has 0 radical (unpaired) electrons. The molecule has 1 aromatic rings. The van der Waals surface area contributed by atoms with Crippen molar-refractivity contribution in [2.75, 3.05) is 12.8 Å². The normalized spacial score (nSPS) is 14.9. The van der Waals surface area contributed by atoms with E-state index in [1.54, 1.807) is 10.9 Å². The maximum atomic E-state index is 11.3. The molecule has 0 amide bonds. The predicted molar refractivity (Wildman–Crippen MR) is 67.3 cm³/mol. The van der Waals surface area contributed by atoms with Gasteiger partial charge in [0, 0.05) is 19.0 Å². The summed E-state index contributed by atoms with van der Waals surface area (Å²) in [7, 11) is -3.17. The van der Waals surface area contributed by atoms with Crippen LogP contribution < -0.4 is 5.73 Å². The molecule has 0 saturated heterocycles. The van der Waals surface area contributed by atoms with Gasteiger partial charge in [0.25, 0.3) is 0 Å². The molecule has 0 bridgehead atoms. The van der Waals surface area contributed by atoms with E-state index in [2.05, 4.69) is 25.9 Å². The molecule has 1 rings (SSSR count). The quantitative estimate of drug-likeness (QED) is 0.871. The highest BCUT2D eigenvalue weighted by atomic mass is 32.2. The summed E-state index contributed by atoms with van der Waals surface area (Å²) in [5.74, 6) is 0.259. The van der Waals surface area contributed by atoms with E-state index in [0.29, 0.717) is 13.1 Å². The molecule has 0 aromatic carbocycles. The molecule has 2 N–H and O–H groups in total. The van der Waals surface area contributed by atoms with Crippen LogP contribution in [0.2, 0.25) is 0 Å². The zero-order valence-corrected chi connectivity index (χ0v) is 11.7. The Morgan fingerprint density at radius 3 is 2.41 bits per heavy atom. The molecule has 0 aliphatic carbocycles. The van der Waals surface area contributed by atoms with Crippen molar-refractivity contribution < 1.29 is 8.42 Å². The lowest BCUT2D eigenvalue weighted by Crippen LogP contribution is -2.32. The Hall–Kier alpha value is -0.880. The van der Waals surface area contributed by atoms with Crippen molar-refractivity contribution in [2.45, 2.75) is 32.2 Å². The monoisotopic (exact) mass is 259 g/mol. The molecule has 17 heavy (non-hydrogen) atoms. The summed E-state index contributed by atoms with van der Waals surface area (Å²) >= 11 is 0. The van der Waals surface area contributed by atoms with Gasteiger partial charge < -0.3 is 5.73 Å². The van der Waals surface area contributed by atoms with E-state index in [1.165, 1.54) is 12.5 Å². The number of nitrogens with two attached hydrogens (primary N) is 1. The van der Waals surface area contributed by atoms with Crippen LogP contribution in [0.3, 0.4) is 0 Å². The second-order valence-electron chi connectivity index (χ2n) is 5.47. The number of nitrogens with zero attached hydrogens (tertiary/aromatic N) is 2. The van der Waals surface area contributed by atoms with Gasteiger partial charge in [0.05, 0.1) is 6.20 Å². The summed E-state index contributed by atoms with van der Waals surface area (Å²) in [4.78, 5) is 0.252. The number of hydrogen-bond donors (Lipinski definition) is 1. The third-order valence-electron chi connectivity index (χ3n) is 2.95. The molecule has 6 heteroatoms. The SMILES string of the molecule is CC(C)(C)C(CN)Cn1cc(S(C)(=O)=O)cn1. The van der Waals surface area contributed by atoms with Crippen molar-refractivity contribution in [2.24, 2.45) is 17.1 Å². The first-order valence-corrected chi connectivity index (χ1v) is 7.46. The van der Waals surface area contributed by atoms with Crippen LogP contribution in [0.4, 0.5) is 0 Å². The summed E-state index contributed by atoms with van der Waals surface area (Å²) in [6.45, 7) is 7.54. The molecule has 0 aliphatic rings. The highest BCUT2D eigenvalue weighted by molar-refractivity contribution is 7.90. The second kappa shape index (κ2) is 4.78. The lowest BCUT2D eigenvalue weighted by Gasteiger charge is -2.29. The van der Waals surface area contributed by atoms with E-state index in [9.17, 15) is 8.42 Å². The van der Waals surface area contributed by atoms with Crippen LogP contribution >= 0.6 is 0 Å². The lowest BCUT2D eigenvalue weighted by atomic mass is 9.81. The molecule has 0 saturated carbocycles. The first-order valence-electron chi connectivity index (χ1n) is 5.57. The minimum absolute atomic E-state index is 0.0754. The van der Waals surface area contributed by atoms with Gasteiger partial charge in [-0.05, 0) is 17.9 Å². The summed E-state index contributed by atoms with van der Waals surface area (Å²) in [5, 5.41) is 4.07. The second-order valence-corrected chi connectivity index (χ2v) is 7.48. The van der Waals surface area contributed by atoms with Crippen LogP contribution in [0.15, 0.2) is 17.3 Å². The van der Waals surface area contributed by atoms with Crippen molar-refractivity contribution in [3.05, 3.63) is 12.4 Å². The van der Waals surface area contributed by atoms with Crippen LogP contribution in [0, 0.1) is 11.3 Å². The Kier molecular flexibility index (Phi) is 3.99. The van der Waals surface area contributed by atoms with Crippen LogP contribution in [0.25, 0.3) is 0 Å². The van der Waals surface area contributed by atoms with Gasteiger partial charge >= 0.3 is 0 Å². The highest BCUT2D eigenvalue weighted by Crippen LogP contribution is 2.26. The smallest absolute Gasteiger partial charge is 0.178 e. The van der Waals surface area contributed by atoms with Crippen LogP contribution in [0.5, 0.6) is 0 Å². The van der Waals surface area contributed by atoms with Crippen molar-refractivity contribution >= 4 is 9.84 Å². The number of sulfone groups is 1. The van der Waals surface area contributed by atoms with Crippen molar-refractivity contribution in [3.8, 4) is 0 Å². The van der Waals surface area contributed by atoms with Crippen molar-refractivity contribution in [1.29, 1.82) is 0 Å². The zero-order valence-electron chi connectivity index (χ0n) is 10.8. The van der Waals surface area contributed by atoms with Gasteiger partial charge in [0.15, 0.2) is 9.84 Å². The average Bonchev–Trinajstić information content (AvgIpc) is 2.59. The van der Waals surface area contributed by atoms with Gasteiger partial charge in [0.2, 0.25) is 0 Å². The van der Waals surface area contributed by atoms with E-state index in [-0.39, 0.29) is 16.2 Å². The maximum absolute atomic E-state index is 11.3. The van der Waals surface area contributed by atoms with Gasteiger partial charge in [-0.1, -0.05) is 20.8 Å². The number of rotatable bonds is 4. The van der Waals surface area contributed by atoms with Gasteiger partial charge in [0.1, 0.15) is 4.90 Å². The van der Waals surface area contributed by atoms with Crippen LogP contribution in [-0.4, -0.2) is 31.0 Å². The van der Waals surface area contributed by atoms with E-state index >= 15 is 0 Å². The van der Waals surface area contributed by atoms with Crippen LogP contribution in [-0.2, 0) is 16.4 Å². The molecule has 0 fully saturated rings. The Morgan fingerprint density at radius 2 is 2.06 bits per heavy atom. The topological polar surface area (TPSA) is 78.0 Å². The first kappa shape index (κ1) is 14.2. The molecule has 1 unspecified atom stereocenters. The summed E-state index contributed by atoms with van der Waals surface area (Å²) < 4.78 is 24.3. The van der Waals surface area contributed by atoms with Crippen molar-refractivity contribution in [3.63, 3.8) is 0 Å². The van der Waals surface area contributed by atoms with E-state index < -0.39 is 9.84 Å². The summed E-state index contributed by atoms with van der Waals surface area (Å²) in [5.41, 5.74) is 5.82. The molecule has 1 atom stereocenters. The molecular formula is C11H21N3O2S. The minimum Gasteiger partial charge on any atom is -0.330 e. The predicted octanol–water partition coefficient (Wildman–Crippen LogP) is 0.908. The number of aromatic nitrogens is 2. The molecule has 1 heterocycles. The maximum Gasteiger partial charge on any atom is 0.178 e. The average molecular weight is 259 g/mol. The fraction of sp³-hybridized carbons (Fsp3) is 0.727. The summed E-state index contributed by atoms with van der Waals surface area (Å²) in [6, 6.07) is 0. The van der Waals surface area contributed by atoms with E-state index in [4.69, 9.17) is 5.73 Å². The minimum atomic E-state index is -3.17. The molecule has 1 aromatic heterocycles. The fourth-order valence-corrected chi connectivity index (χ4v) is 2.12. The van der Waals surface area contributed by atoms with Gasteiger partial charge in [-0.15, -0.1) is 0 Å². The largest absolute Gasteiger partial charge is 0.330 e. The Balaban J connectivity index is 2.86. The van der Waals surface area contributed by atoms with Gasteiger partial charge in [-0.25, -0.2) is 8.42 Å². The van der Waals surface area contributed by atoms with E-state index in [0.717, 1.165) is 0 Å². The summed E-state index contributed by atoms with van der Waals surface area (Å²) in [6.07, 6.45) is 4.12. The Bertz CT molecular complexity index is 471. The lowest BCUT2D eigenvalue weighted by molar-refractivity contribution is 0.212. The van der Waals surface area contributed by atoms with Gasteiger partial charge in [-0.3, -0.25) is 4.68 Å². The fourth-order valence-electron chi connectivity index (χ4n) is 1.56. The standard InChI is InChI=1S/C11H21N3O2S/c1-11(2,3)9(5-12)7-14-8-10(6-13-14)17(4,15)16/h6,8-9H,5,7,12H2,1-4H3. The first-order chi connectivity index (χ1) is 7.64. The molecule has 0 spiro atoms. The molecule has 0 aliphatic heterocycles. The van der Waals surface area contributed by atoms with E-state index in [1.807, 2.05) is 0 Å². The van der Waals surface area contributed by atoms with Crippen molar-refractivity contribution in [1.82, 2.24) is 9.78 Å². The molecule has 5 nitrogen and oxygen atoms in total. The third-order valence-corrected chi connectivity index (χ3v) is 4.02. The Labute approximate surface area is 103 Å². The van der Waals surface area contributed by atoms with Crippen LogP contribution in [0.1, 0.15) is 20.8 Å². The zero-order chi connectivity index (χ0) is 13.3. The van der Waals surface area contributed by atoms with Gasteiger partial charge in [-0.2, -0.15) is 5.10 Å². The molecule has 98 valence electrons. The number of hydrogen-bond acceptors (Lipinski definition) is 4.